The molecule has 156 valence electrons. The maximum absolute atomic E-state index is 12.6. The number of amides is 1. The Balaban J connectivity index is 1.49. The Bertz CT molecular complexity index is 889. The van der Waals surface area contributed by atoms with Crippen LogP contribution in [0.1, 0.15) is 49.7 Å². The van der Waals surface area contributed by atoms with Gasteiger partial charge in [-0.05, 0) is 48.9 Å². The summed E-state index contributed by atoms with van der Waals surface area (Å²) < 4.78 is 26.7. The molecule has 1 saturated heterocycles. The standard InChI is InChI=1S/C23H30N2O3S/c1-2-20(21-8-4-3-5-9-21)18-24-23(26)15-12-19-10-13-22(14-11-19)29(27,28)25-16-6-7-17-25/h3-5,8-11,13-14,20H,2,6-7,12,15-18H2,1H3,(H,24,26). The molecule has 0 aliphatic carbocycles. The van der Waals surface area contributed by atoms with Crippen LogP contribution in [0, 0.1) is 0 Å². The Morgan fingerprint density at radius 1 is 1.03 bits per heavy atom. The van der Waals surface area contributed by atoms with Crippen LogP contribution in [0.15, 0.2) is 59.5 Å². The summed E-state index contributed by atoms with van der Waals surface area (Å²) in [7, 11) is -3.38. The fraction of sp³-hybridized carbons (Fsp3) is 0.435. The van der Waals surface area contributed by atoms with Crippen molar-refractivity contribution >= 4 is 15.9 Å². The van der Waals surface area contributed by atoms with Crippen molar-refractivity contribution in [3.05, 3.63) is 65.7 Å². The van der Waals surface area contributed by atoms with E-state index in [9.17, 15) is 13.2 Å². The van der Waals surface area contributed by atoms with Gasteiger partial charge in [-0.15, -0.1) is 0 Å². The molecule has 0 aromatic heterocycles. The van der Waals surface area contributed by atoms with Crippen molar-refractivity contribution < 1.29 is 13.2 Å². The highest BCUT2D eigenvalue weighted by atomic mass is 32.2. The third kappa shape index (κ3) is 5.67. The summed E-state index contributed by atoms with van der Waals surface area (Å²) in [6.07, 6.45) is 3.81. The van der Waals surface area contributed by atoms with E-state index in [0.29, 0.717) is 43.3 Å². The Labute approximate surface area is 174 Å². The molecule has 1 atom stereocenters. The molecule has 0 spiro atoms. The normalized spacial score (nSPS) is 15.9. The molecule has 5 nitrogen and oxygen atoms in total. The lowest BCUT2D eigenvalue weighted by Gasteiger charge is -2.16. The quantitative estimate of drug-likeness (QED) is 0.680. The molecule has 1 N–H and O–H groups in total. The number of nitrogens with one attached hydrogen (secondary N) is 1. The summed E-state index contributed by atoms with van der Waals surface area (Å²) in [5.74, 6) is 0.336. The van der Waals surface area contributed by atoms with Crippen molar-refractivity contribution in [3.8, 4) is 0 Å². The van der Waals surface area contributed by atoms with Gasteiger partial charge in [0, 0.05) is 32.0 Å². The summed E-state index contributed by atoms with van der Waals surface area (Å²) in [5.41, 5.74) is 2.21. The number of hydrogen-bond acceptors (Lipinski definition) is 3. The first-order chi connectivity index (χ1) is 14.0. The van der Waals surface area contributed by atoms with E-state index in [1.54, 1.807) is 16.4 Å². The van der Waals surface area contributed by atoms with Crippen LogP contribution >= 0.6 is 0 Å². The second-order valence-corrected chi connectivity index (χ2v) is 9.51. The van der Waals surface area contributed by atoms with Gasteiger partial charge < -0.3 is 5.32 Å². The molecule has 1 unspecified atom stereocenters. The van der Waals surface area contributed by atoms with Crippen LogP contribution < -0.4 is 5.32 Å². The van der Waals surface area contributed by atoms with E-state index < -0.39 is 10.0 Å². The molecule has 0 saturated carbocycles. The van der Waals surface area contributed by atoms with Crippen LogP contribution in [0.5, 0.6) is 0 Å². The maximum atomic E-state index is 12.6. The lowest BCUT2D eigenvalue weighted by Crippen LogP contribution is -2.28. The van der Waals surface area contributed by atoms with Gasteiger partial charge in [0.2, 0.25) is 15.9 Å². The van der Waals surface area contributed by atoms with E-state index in [1.807, 2.05) is 30.3 Å². The van der Waals surface area contributed by atoms with Gasteiger partial charge in [-0.2, -0.15) is 4.31 Å². The fourth-order valence-electron chi connectivity index (χ4n) is 3.71. The van der Waals surface area contributed by atoms with Crippen molar-refractivity contribution in [3.63, 3.8) is 0 Å². The number of sulfonamides is 1. The summed E-state index contributed by atoms with van der Waals surface area (Å²) in [4.78, 5) is 12.6. The van der Waals surface area contributed by atoms with Gasteiger partial charge in [-0.1, -0.05) is 49.4 Å². The van der Waals surface area contributed by atoms with Crippen molar-refractivity contribution in [1.82, 2.24) is 9.62 Å². The lowest BCUT2D eigenvalue weighted by atomic mass is 9.96. The van der Waals surface area contributed by atoms with Gasteiger partial charge in [-0.25, -0.2) is 8.42 Å². The smallest absolute Gasteiger partial charge is 0.243 e. The van der Waals surface area contributed by atoms with Gasteiger partial charge in [-0.3, -0.25) is 4.79 Å². The molecule has 0 bridgehead atoms. The highest BCUT2D eigenvalue weighted by Crippen LogP contribution is 2.21. The van der Waals surface area contributed by atoms with Crippen molar-refractivity contribution in [2.75, 3.05) is 19.6 Å². The molecule has 1 aliphatic heterocycles. The van der Waals surface area contributed by atoms with Crippen molar-refractivity contribution in [1.29, 1.82) is 0 Å². The van der Waals surface area contributed by atoms with Gasteiger partial charge in [0.1, 0.15) is 0 Å². The number of hydrogen-bond donors (Lipinski definition) is 1. The second-order valence-electron chi connectivity index (χ2n) is 7.58. The minimum absolute atomic E-state index is 0.0214. The number of carbonyl (C=O) groups is 1. The van der Waals surface area contributed by atoms with Crippen LogP contribution in [0.3, 0.4) is 0 Å². The highest BCUT2D eigenvalue weighted by molar-refractivity contribution is 7.89. The fourth-order valence-corrected chi connectivity index (χ4v) is 5.23. The zero-order valence-corrected chi connectivity index (χ0v) is 17.8. The Kier molecular flexibility index (Phi) is 7.45. The molecule has 2 aromatic carbocycles. The summed E-state index contributed by atoms with van der Waals surface area (Å²) in [6, 6.07) is 17.2. The van der Waals surface area contributed by atoms with Crippen molar-refractivity contribution in [2.24, 2.45) is 0 Å². The van der Waals surface area contributed by atoms with Crippen LogP contribution in [0.2, 0.25) is 0 Å². The minimum Gasteiger partial charge on any atom is -0.355 e. The summed E-state index contributed by atoms with van der Waals surface area (Å²) in [6.45, 7) is 3.96. The Morgan fingerprint density at radius 2 is 1.69 bits per heavy atom. The van der Waals surface area contributed by atoms with Gasteiger partial charge in [0.05, 0.1) is 4.90 Å². The van der Waals surface area contributed by atoms with Gasteiger partial charge in [0.25, 0.3) is 0 Å². The first kappa shape index (κ1) is 21.5. The van der Waals surface area contributed by atoms with Crippen LogP contribution in [-0.2, 0) is 21.2 Å². The van der Waals surface area contributed by atoms with E-state index >= 15 is 0 Å². The van der Waals surface area contributed by atoms with Crippen LogP contribution in [0.25, 0.3) is 0 Å². The lowest BCUT2D eigenvalue weighted by molar-refractivity contribution is -0.121. The predicted molar refractivity (Wildman–Crippen MR) is 115 cm³/mol. The molecule has 1 aliphatic rings. The molecule has 6 heteroatoms. The third-order valence-corrected chi connectivity index (χ3v) is 7.49. The number of benzene rings is 2. The van der Waals surface area contributed by atoms with Crippen LogP contribution in [-0.4, -0.2) is 38.3 Å². The van der Waals surface area contributed by atoms with Gasteiger partial charge >= 0.3 is 0 Å². The molecule has 1 heterocycles. The van der Waals surface area contributed by atoms with E-state index in [0.717, 1.165) is 24.8 Å². The maximum Gasteiger partial charge on any atom is 0.243 e. The monoisotopic (exact) mass is 414 g/mol. The minimum atomic E-state index is -3.38. The number of carbonyl (C=O) groups excluding carboxylic acids is 1. The van der Waals surface area contributed by atoms with E-state index in [2.05, 4.69) is 24.4 Å². The third-order valence-electron chi connectivity index (χ3n) is 5.58. The summed E-state index contributed by atoms with van der Waals surface area (Å²) >= 11 is 0. The zero-order valence-electron chi connectivity index (χ0n) is 17.0. The Hall–Kier alpha value is -2.18. The molecular formula is C23H30N2O3S. The molecule has 0 radical (unpaired) electrons. The summed E-state index contributed by atoms with van der Waals surface area (Å²) in [5, 5.41) is 3.03. The second kappa shape index (κ2) is 10.0. The topological polar surface area (TPSA) is 66.5 Å². The number of rotatable bonds is 9. The van der Waals surface area contributed by atoms with E-state index in [1.165, 1.54) is 5.56 Å². The molecule has 3 rings (SSSR count). The predicted octanol–water partition coefficient (Wildman–Crippen LogP) is 3.71. The van der Waals surface area contributed by atoms with Crippen molar-refractivity contribution in [2.45, 2.75) is 49.8 Å². The molecule has 29 heavy (non-hydrogen) atoms. The van der Waals surface area contributed by atoms with E-state index in [-0.39, 0.29) is 5.91 Å². The molecule has 1 amide bonds. The number of nitrogens with zero attached hydrogens (tertiary/aromatic N) is 1. The molecule has 2 aromatic rings. The van der Waals surface area contributed by atoms with E-state index in [4.69, 9.17) is 0 Å². The first-order valence-corrected chi connectivity index (χ1v) is 11.9. The van der Waals surface area contributed by atoms with Gasteiger partial charge in [0.15, 0.2) is 0 Å². The van der Waals surface area contributed by atoms with Crippen LogP contribution in [0.4, 0.5) is 0 Å². The highest BCUT2D eigenvalue weighted by Gasteiger charge is 2.26. The number of aryl methyl sites for hydroxylation is 1. The average molecular weight is 415 g/mol. The Morgan fingerprint density at radius 3 is 2.31 bits per heavy atom. The largest absolute Gasteiger partial charge is 0.355 e. The first-order valence-electron chi connectivity index (χ1n) is 10.4. The average Bonchev–Trinajstić information content (AvgIpc) is 3.30. The zero-order chi connectivity index (χ0) is 20.7. The SMILES string of the molecule is CCC(CNC(=O)CCc1ccc(S(=O)(=O)N2CCCC2)cc1)c1ccccc1. The molecule has 1 fully saturated rings. The molecular weight excluding hydrogens is 384 g/mol.